The van der Waals surface area contributed by atoms with Gasteiger partial charge in [0.05, 0.1) is 7.11 Å². The van der Waals surface area contributed by atoms with Crippen LogP contribution in [0.2, 0.25) is 0 Å². The zero-order chi connectivity index (χ0) is 18.9. The van der Waals surface area contributed by atoms with E-state index in [1.165, 1.54) is 5.56 Å². The number of rotatable bonds is 4. The summed E-state index contributed by atoms with van der Waals surface area (Å²) in [6.45, 7) is 4.24. The van der Waals surface area contributed by atoms with Crippen molar-refractivity contribution < 1.29 is 9.53 Å². The first-order chi connectivity index (χ1) is 12.3. The van der Waals surface area contributed by atoms with Gasteiger partial charge in [-0.2, -0.15) is 0 Å². The molecule has 2 aromatic rings. The number of thiocarbonyl (C=S) groups is 1. The smallest absolute Gasteiger partial charge is 0.187 e. The van der Waals surface area contributed by atoms with Gasteiger partial charge in [0.15, 0.2) is 5.78 Å². The Bertz CT molecular complexity index is 899. The van der Waals surface area contributed by atoms with E-state index in [2.05, 4.69) is 25.2 Å². The van der Waals surface area contributed by atoms with Gasteiger partial charge in [-0.25, -0.2) is 0 Å². The molecule has 0 amide bonds. The lowest BCUT2D eigenvalue weighted by Gasteiger charge is -2.35. The molecule has 0 bridgehead atoms. The molecule has 1 aliphatic rings. The number of fused-ring (bicyclic) bond motifs is 1. The fraction of sp³-hybridized carbons (Fsp3) is 0.238. The molecule has 0 spiro atoms. The SMILES string of the molecule is COc1ccc2c(c1)/C(=C/C(=O)c1ccc(C(N)=S)cc1)NC(C)(C)C2. The van der Waals surface area contributed by atoms with E-state index in [0.717, 1.165) is 29.0 Å². The van der Waals surface area contributed by atoms with Crippen molar-refractivity contribution in [3.8, 4) is 5.75 Å². The molecule has 0 aliphatic carbocycles. The average Bonchev–Trinajstić information content (AvgIpc) is 2.60. The van der Waals surface area contributed by atoms with E-state index in [1.54, 1.807) is 37.5 Å². The zero-order valence-corrected chi connectivity index (χ0v) is 15.9. The first kappa shape index (κ1) is 18.1. The van der Waals surface area contributed by atoms with Crippen molar-refractivity contribution in [2.24, 2.45) is 5.73 Å². The molecule has 1 heterocycles. The maximum atomic E-state index is 12.8. The molecule has 26 heavy (non-hydrogen) atoms. The number of hydrogen-bond donors (Lipinski definition) is 2. The van der Waals surface area contributed by atoms with Gasteiger partial charge in [0.1, 0.15) is 10.7 Å². The lowest BCUT2D eigenvalue weighted by atomic mass is 9.85. The van der Waals surface area contributed by atoms with E-state index in [-0.39, 0.29) is 11.3 Å². The van der Waals surface area contributed by atoms with Crippen molar-refractivity contribution in [3.05, 3.63) is 70.8 Å². The van der Waals surface area contributed by atoms with E-state index in [9.17, 15) is 4.79 Å². The summed E-state index contributed by atoms with van der Waals surface area (Å²) in [5.74, 6) is 0.692. The first-order valence-corrected chi connectivity index (χ1v) is 8.81. The van der Waals surface area contributed by atoms with Crippen molar-refractivity contribution in [1.29, 1.82) is 0 Å². The Morgan fingerprint density at radius 2 is 1.85 bits per heavy atom. The molecule has 3 N–H and O–H groups in total. The highest BCUT2D eigenvalue weighted by molar-refractivity contribution is 7.80. The van der Waals surface area contributed by atoms with Crippen molar-refractivity contribution in [2.45, 2.75) is 25.8 Å². The number of nitrogens with two attached hydrogens (primary N) is 1. The van der Waals surface area contributed by atoms with Crippen LogP contribution in [0.5, 0.6) is 5.75 Å². The molecule has 0 unspecified atom stereocenters. The summed E-state index contributed by atoms with van der Waals surface area (Å²) in [6.07, 6.45) is 2.52. The van der Waals surface area contributed by atoms with Gasteiger partial charge in [0.2, 0.25) is 0 Å². The fourth-order valence-corrected chi connectivity index (χ4v) is 3.30. The minimum atomic E-state index is -0.136. The van der Waals surface area contributed by atoms with Crippen LogP contribution in [0.25, 0.3) is 5.70 Å². The third-order valence-electron chi connectivity index (χ3n) is 4.44. The average molecular weight is 366 g/mol. The summed E-state index contributed by atoms with van der Waals surface area (Å²) in [7, 11) is 1.64. The molecular formula is C21H22N2O2S. The predicted octanol–water partition coefficient (Wildman–Crippen LogP) is 3.48. The second kappa shape index (κ2) is 6.92. The van der Waals surface area contributed by atoms with Gasteiger partial charge in [0.25, 0.3) is 0 Å². The Labute approximate surface area is 159 Å². The van der Waals surface area contributed by atoms with Crippen LogP contribution in [-0.2, 0) is 6.42 Å². The molecule has 1 aliphatic heterocycles. The van der Waals surface area contributed by atoms with E-state index in [1.807, 2.05) is 12.1 Å². The first-order valence-electron chi connectivity index (χ1n) is 8.40. The minimum absolute atomic E-state index is 0.0755. The second-order valence-electron chi connectivity index (χ2n) is 7.07. The van der Waals surface area contributed by atoms with Crippen molar-refractivity contribution >= 4 is 28.7 Å². The van der Waals surface area contributed by atoms with Crippen LogP contribution in [0.4, 0.5) is 0 Å². The predicted molar refractivity (Wildman–Crippen MR) is 109 cm³/mol. The molecule has 0 saturated carbocycles. The van der Waals surface area contributed by atoms with Crippen LogP contribution in [0.15, 0.2) is 48.5 Å². The van der Waals surface area contributed by atoms with E-state index < -0.39 is 0 Å². The number of ether oxygens (including phenoxy) is 1. The van der Waals surface area contributed by atoms with E-state index in [0.29, 0.717) is 10.6 Å². The minimum Gasteiger partial charge on any atom is -0.497 e. The fourth-order valence-electron chi connectivity index (χ4n) is 3.17. The van der Waals surface area contributed by atoms with Crippen LogP contribution < -0.4 is 15.8 Å². The third kappa shape index (κ3) is 3.78. The molecule has 5 heteroatoms. The van der Waals surface area contributed by atoms with Gasteiger partial charge in [-0.3, -0.25) is 4.79 Å². The molecule has 0 saturated heterocycles. The summed E-state index contributed by atoms with van der Waals surface area (Å²) < 4.78 is 5.34. The zero-order valence-electron chi connectivity index (χ0n) is 15.1. The lowest BCUT2D eigenvalue weighted by molar-refractivity contribution is 0.104. The normalized spacial score (nSPS) is 16.5. The maximum absolute atomic E-state index is 12.8. The molecule has 0 radical (unpaired) electrons. The number of nitrogens with one attached hydrogen (secondary N) is 1. The lowest BCUT2D eigenvalue weighted by Crippen LogP contribution is -2.43. The second-order valence-corrected chi connectivity index (χ2v) is 7.51. The van der Waals surface area contributed by atoms with E-state index >= 15 is 0 Å². The molecule has 0 atom stereocenters. The quantitative estimate of drug-likeness (QED) is 0.493. The van der Waals surface area contributed by atoms with Gasteiger partial charge >= 0.3 is 0 Å². The van der Waals surface area contributed by atoms with Crippen LogP contribution >= 0.6 is 12.2 Å². The highest BCUT2D eigenvalue weighted by atomic mass is 32.1. The van der Waals surface area contributed by atoms with Crippen molar-refractivity contribution in [1.82, 2.24) is 5.32 Å². The van der Waals surface area contributed by atoms with Crippen LogP contribution in [0.1, 0.15) is 40.9 Å². The Morgan fingerprint density at radius 3 is 2.46 bits per heavy atom. The maximum Gasteiger partial charge on any atom is 0.187 e. The molecule has 2 aromatic carbocycles. The molecule has 0 fully saturated rings. The Hall–Kier alpha value is -2.66. The van der Waals surface area contributed by atoms with Crippen LogP contribution in [-0.4, -0.2) is 23.4 Å². The van der Waals surface area contributed by atoms with E-state index in [4.69, 9.17) is 22.7 Å². The topological polar surface area (TPSA) is 64.3 Å². The van der Waals surface area contributed by atoms with Crippen molar-refractivity contribution in [2.75, 3.05) is 7.11 Å². The van der Waals surface area contributed by atoms with Gasteiger partial charge in [-0.1, -0.05) is 42.5 Å². The number of allylic oxidation sites excluding steroid dienone is 1. The molecule has 0 aromatic heterocycles. The third-order valence-corrected chi connectivity index (χ3v) is 4.68. The summed E-state index contributed by atoms with van der Waals surface area (Å²) in [5.41, 5.74) is 9.81. The van der Waals surface area contributed by atoms with Gasteiger partial charge in [-0.05, 0) is 38.0 Å². The number of ketones is 1. The number of carbonyl (C=O) groups excluding carboxylic acids is 1. The number of hydrogen-bond acceptors (Lipinski definition) is 4. The summed E-state index contributed by atoms with van der Waals surface area (Å²) in [4.78, 5) is 13.1. The van der Waals surface area contributed by atoms with Gasteiger partial charge < -0.3 is 15.8 Å². The standard InChI is InChI=1S/C21H22N2O2S/c1-21(2)12-15-8-9-16(25-3)10-17(15)18(23-21)11-19(24)13-4-6-14(7-5-13)20(22)26/h4-11,23H,12H2,1-3H3,(H2,22,26)/b18-11-. The monoisotopic (exact) mass is 366 g/mol. The molecular weight excluding hydrogens is 344 g/mol. The van der Waals surface area contributed by atoms with Crippen LogP contribution in [0.3, 0.4) is 0 Å². The highest BCUT2D eigenvalue weighted by Gasteiger charge is 2.28. The number of carbonyl (C=O) groups is 1. The summed E-state index contributed by atoms with van der Waals surface area (Å²) >= 11 is 4.95. The van der Waals surface area contributed by atoms with Crippen LogP contribution in [0, 0.1) is 0 Å². The number of methoxy groups -OCH3 is 1. The summed E-state index contributed by atoms with van der Waals surface area (Å²) in [6, 6.07) is 13.0. The Balaban J connectivity index is 1.99. The summed E-state index contributed by atoms with van der Waals surface area (Å²) in [5, 5.41) is 3.47. The van der Waals surface area contributed by atoms with Gasteiger partial charge in [0, 0.05) is 34.0 Å². The Kier molecular flexibility index (Phi) is 4.83. The van der Waals surface area contributed by atoms with Crippen molar-refractivity contribution in [3.63, 3.8) is 0 Å². The highest BCUT2D eigenvalue weighted by Crippen LogP contribution is 2.32. The molecule has 3 rings (SSSR count). The van der Waals surface area contributed by atoms with Gasteiger partial charge in [-0.15, -0.1) is 0 Å². The molecule has 4 nitrogen and oxygen atoms in total. The Morgan fingerprint density at radius 1 is 1.19 bits per heavy atom. The number of benzene rings is 2. The molecule has 134 valence electrons. The largest absolute Gasteiger partial charge is 0.497 e.